The van der Waals surface area contributed by atoms with Crippen LogP contribution in [0.2, 0.25) is 0 Å². The number of aromatic amines is 1. The lowest BCUT2D eigenvalue weighted by Gasteiger charge is -2.18. The van der Waals surface area contributed by atoms with Crippen LogP contribution in [0, 0.1) is 12.8 Å². The monoisotopic (exact) mass is 234 g/mol. The standard InChI is InChI=1S/C12H18N4O/c1-8-10(11(13)17)12(16-15-8)14-7-9-5-3-2-4-6-9/h2-3,9H,4-7H2,1H3,(H2,13,17)(H2,14,15,16). The minimum absolute atomic E-state index is 0.442. The normalized spacial score (nSPS) is 19.2. The van der Waals surface area contributed by atoms with E-state index in [4.69, 9.17) is 5.73 Å². The number of hydrogen-bond acceptors (Lipinski definition) is 3. The maximum atomic E-state index is 11.3. The lowest BCUT2D eigenvalue weighted by Crippen LogP contribution is -2.19. The zero-order valence-corrected chi connectivity index (χ0v) is 9.99. The molecule has 1 aromatic heterocycles. The van der Waals surface area contributed by atoms with E-state index in [1.165, 1.54) is 6.42 Å². The van der Waals surface area contributed by atoms with E-state index in [1.54, 1.807) is 6.92 Å². The highest BCUT2D eigenvalue weighted by atomic mass is 16.1. The predicted octanol–water partition coefficient (Wildman–Crippen LogP) is 1.59. The number of hydrogen-bond donors (Lipinski definition) is 3. The number of amides is 1. The molecule has 1 amide bonds. The van der Waals surface area contributed by atoms with Gasteiger partial charge in [0.1, 0.15) is 5.56 Å². The van der Waals surface area contributed by atoms with Crippen LogP contribution >= 0.6 is 0 Å². The van der Waals surface area contributed by atoms with Gasteiger partial charge in [-0.15, -0.1) is 0 Å². The Hall–Kier alpha value is -1.78. The van der Waals surface area contributed by atoms with E-state index in [-0.39, 0.29) is 0 Å². The smallest absolute Gasteiger partial charge is 0.254 e. The molecule has 1 aromatic rings. The molecule has 1 heterocycles. The van der Waals surface area contributed by atoms with Crippen molar-refractivity contribution in [2.24, 2.45) is 11.7 Å². The van der Waals surface area contributed by atoms with Crippen molar-refractivity contribution < 1.29 is 4.79 Å². The van der Waals surface area contributed by atoms with Crippen LogP contribution in [0.15, 0.2) is 12.2 Å². The first-order chi connectivity index (χ1) is 8.18. The molecular weight excluding hydrogens is 216 g/mol. The molecule has 17 heavy (non-hydrogen) atoms. The highest BCUT2D eigenvalue weighted by Crippen LogP contribution is 2.20. The van der Waals surface area contributed by atoms with Crippen LogP contribution in [0.1, 0.15) is 35.3 Å². The van der Waals surface area contributed by atoms with Crippen molar-refractivity contribution in [2.45, 2.75) is 26.2 Å². The lowest BCUT2D eigenvalue weighted by molar-refractivity contribution is 0.100. The fraction of sp³-hybridized carbons (Fsp3) is 0.500. The van der Waals surface area contributed by atoms with Crippen molar-refractivity contribution in [3.8, 4) is 0 Å². The maximum absolute atomic E-state index is 11.3. The largest absolute Gasteiger partial charge is 0.368 e. The molecule has 4 N–H and O–H groups in total. The van der Waals surface area contributed by atoms with E-state index in [9.17, 15) is 4.79 Å². The van der Waals surface area contributed by atoms with Crippen LogP contribution in [0.4, 0.5) is 5.82 Å². The summed E-state index contributed by atoms with van der Waals surface area (Å²) in [7, 11) is 0. The second kappa shape index (κ2) is 5.03. The zero-order chi connectivity index (χ0) is 12.3. The second-order valence-corrected chi connectivity index (χ2v) is 4.47. The molecule has 2 rings (SSSR count). The van der Waals surface area contributed by atoms with Gasteiger partial charge in [-0.2, -0.15) is 5.10 Å². The first-order valence-electron chi connectivity index (χ1n) is 5.92. The molecule has 1 atom stereocenters. The summed E-state index contributed by atoms with van der Waals surface area (Å²) in [6.07, 6.45) is 7.82. The summed E-state index contributed by atoms with van der Waals surface area (Å²) >= 11 is 0. The average molecular weight is 234 g/mol. The molecule has 0 aromatic carbocycles. The van der Waals surface area contributed by atoms with Gasteiger partial charge in [-0.25, -0.2) is 0 Å². The summed E-state index contributed by atoms with van der Waals surface area (Å²) in [5.74, 6) is 0.740. The number of nitrogens with zero attached hydrogens (tertiary/aromatic N) is 1. The molecule has 0 saturated heterocycles. The minimum Gasteiger partial charge on any atom is -0.368 e. The molecule has 5 nitrogen and oxygen atoms in total. The van der Waals surface area contributed by atoms with E-state index >= 15 is 0 Å². The summed E-state index contributed by atoms with van der Waals surface area (Å²) in [6, 6.07) is 0. The number of allylic oxidation sites excluding steroid dienone is 2. The lowest BCUT2D eigenvalue weighted by atomic mass is 9.94. The molecule has 5 heteroatoms. The molecule has 1 aliphatic rings. The Morgan fingerprint density at radius 2 is 2.47 bits per heavy atom. The van der Waals surface area contributed by atoms with E-state index in [0.717, 1.165) is 19.4 Å². The Morgan fingerprint density at radius 3 is 3.12 bits per heavy atom. The summed E-state index contributed by atoms with van der Waals surface area (Å²) in [5.41, 5.74) is 6.50. The van der Waals surface area contributed by atoms with Crippen molar-refractivity contribution in [1.29, 1.82) is 0 Å². The number of H-pyrrole nitrogens is 1. The summed E-state index contributed by atoms with van der Waals surface area (Å²) in [5, 5.41) is 10.1. The number of nitrogens with one attached hydrogen (secondary N) is 2. The van der Waals surface area contributed by atoms with Gasteiger partial charge in [-0.1, -0.05) is 12.2 Å². The molecule has 0 fully saturated rings. The van der Waals surface area contributed by atoms with Gasteiger partial charge in [0.15, 0.2) is 5.82 Å². The molecule has 0 radical (unpaired) electrons. The van der Waals surface area contributed by atoms with Crippen LogP contribution in [0.3, 0.4) is 0 Å². The first-order valence-corrected chi connectivity index (χ1v) is 5.92. The van der Waals surface area contributed by atoms with Gasteiger partial charge in [0.2, 0.25) is 0 Å². The van der Waals surface area contributed by atoms with Crippen LogP contribution in [-0.4, -0.2) is 22.6 Å². The second-order valence-electron chi connectivity index (χ2n) is 4.47. The molecule has 0 saturated carbocycles. The van der Waals surface area contributed by atoms with E-state index in [2.05, 4.69) is 27.7 Å². The molecule has 1 unspecified atom stereocenters. The van der Waals surface area contributed by atoms with Crippen molar-refractivity contribution in [2.75, 3.05) is 11.9 Å². The molecule has 92 valence electrons. The number of carbonyl (C=O) groups excluding carboxylic acids is 1. The van der Waals surface area contributed by atoms with Crippen molar-refractivity contribution in [1.82, 2.24) is 10.2 Å². The number of carbonyl (C=O) groups is 1. The summed E-state index contributed by atoms with van der Waals surface area (Å²) < 4.78 is 0. The van der Waals surface area contributed by atoms with Gasteiger partial charge in [0, 0.05) is 12.2 Å². The van der Waals surface area contributed by atoms with Crippen LogP contribution < -0.4 is 11.1 Å². The quantitative estimate of drug-likeness (QED) is 0.692. The molecule has 0 aliphatic heterocycles. The third kappa shape index (κ3) is 2.67. The van der Waals surface area contributed by atoms with E-state index in [1.807, 2.05) is 0 Å². The van der Waals surface area contributed by atoms with Gasteiger partial charge in [0.25, 0.3) is 5.91 Å². The van der Waals surface area contributed by atoms with Gasteiger partial charge < -0.3 is 11.1 Å². The third-order valence-electron chi connectivity index (χ3n) is 3.13. The first kappa shape index (κ1) is 11.7. The summed E-state index contributed by atoms with van der Waals surface area (Å²) in [6.45, 7) is 2.62. The Bertz CT molecular complexity index is 436. The Morgan fingerprint density at radius 1 is 1.65 bits per heavy atom. The molecule has 0 spiro atoms. The fourth-order valence-corrected chi connectivity index (χ4v) is 2.14. The van der Waals surface area contributed by atoms with E-state index in [0.29, 0.717) is 23.0 Å². The van der Waals surface area contributed by atoms with Gasteiger partial charge >= 0.3 is 0 Å². The minimum atomic E-state index is -0.442. The molecule has 1 aliphatic carbocycles. The zero-order valence-electron chi connectivity index (χ0n) is 9.99. The van der Waals surface area contributed by atoms with Crippen LogP contribution in [0.5, 0.6) is 0 Å². The number of rotatable bonds is 4. The van der Waals surface area contributed by atoms with Crippen molar-refractivity contribution in [3.63, 3.8) is 0 Å². The SMILES string of the molecule is Cc1[nH]nc(NCC2CC=CCC2)c1C(N)=O. The van der Waals surface area contributed by atoms with Gasteiger partial charge in [-0.05, 0) is 32.1 Å². The fourth-order valence-electron chi connectivity index (χ4n) is 2.14. The topological polar surface area (TPSA) is 83.8 Å². The Labute approximate surface area is 100 Å². The number of nitrogens with two attached hydrogens (primary N) is 1. The third-order valence-corrected chi connectivity index (χ3v) is 3.13. The predicted molar refractivity (Wildman–Crippen MR) is 66.8 cm³/mol. The number of primary amides is 1. The maximum Gasteiger partial charge on any atom is 0.254 e. The highest BCUT2D eigenvalue weighted by Gasteiger charge is 2.16. The van der Waals surface area contributed by atoms with Crippen molar-refractivity contribution in [3.05, 3.63) is 23.4 Å². The Kier molecular flexibility index (Phi) is 3.46. The number of anilines is 1. The molecular formula is C12H18N4O. The Balaban J connectivity index is 1.99. The van der Waals surface area contributed by atoms with Crippen molar-refractivity contribution >= 4 is 11.7 Å². The van der Waals surface area contributed by atoms with Crippen LogP contribution in [0.25, 0.3) is 0 Å². The van der Waals surface area contributed by atoms with E-state index < -0.39 is 5.91 Å². The van der Waals surface area contributed by atoms with Gasteiger partial charge in [0.05, 0.1) is 0 Å². The number of aryl methyl sites for hydroxylation is 1. The number of aromatic nitrogens is 2. The highest BCUT2D eigenvalue weighted by molar-refractivity contribution is 5.98. The van der Waals surface area contributed by atoms with Gasteiger partial charge in [-0.3, -0.25) is 9.89 Å². The molecule has 0 bridgehead atoms. The van der Waals surface area contributed by atoms with Crippen LogP contribution in [-0.2, 0) is 0 Å². The average Bonchev–Trinajstić information content (AvgIpc) is 2.69. The summed E-state index contributed by atoms with van der Waals surface area (Å²) in [4.78, 5) is 11.3.